The molecule has 0 aromatic heterocycles. The van der Waals surface area contributed by atoms with Crippen molar-refractivity contribution in [3.8, 4) is 0 Å². The first-order valence-electron chi connectivity index (χ1n) is 8.44. The molecule has 0 aliphatic carbocycles. The maximum Gasteiger partial charge on any atom is 0.193 e. The van der Waals surface area contributed by atoms with E-state index in [1.54, 1.807) is 30.3 Å². The second kappa shape index (κ2) is 9.59. The van der Waals surface area contributed by atoms with Crippen LogP contribution in [0.15, 0.2) is 64.5 Å². The van der Waals surface area contributed by atoms with Crippen molar-refractivity contribution in [2.45, 2.75) is 18.4 Å². The summed E-state index contributed by atoms with van der Waals surface area (Å²) in [6.07, 6.45) is 0. The molecule has 0 bridgehead atoms. The summed E-state index contributed by atoms with van der Waals surface area (Å²) < 4.78 is 24.7. The van der Waals surface area contributed by atoms with Gasteiger partial charge in [-0.2, -0.15) is 0 Å². The highest BCUT2D eigenvalue weighted by atomic mass is 35.5. The molecular weight excluding hydrogens is 370 g/mol. The summed E-state index contributed by atoms with van der Waals surface area (Å²) in [6.45, 7) is 3.49. The summed E-state index contributed by atoms with van der Waals surface area (Å²) in [4.78, 5) is 6.74. The smallest absolute Gasteiger partial charge is 0.193 e. The van der Waals surface area contributed by atoms with Gasteiger partial charge in [-0.1, -0.05) is 41.9 Å². The molecule has 140 valence electrons. The van der Waals surface area contributed by atoms with Crippen molar-refractivity contribution in [3.05, 3.63) is 65.2 Å². The van der Waals surface area contributed by atoms with Crippen LogP contribution in [-0.2, 0) is 16.4 Å². The molecule has 2 aromatic carbocycles. The van der Waals surface area contributed by atoms with Gasteiger partial charge in [0.2, 0.25) is 0 Å². The van der Waals surface area contributed by atoms with E-state index in [9.17, 15) is 8.42 Å². The Bertz CT molecular complexity index is 839. The number of hydrogen-bond acceptors (Lipinski definition) is 3. The second-order valence-corrected chi connectivity index (χ2v) is 8.40. The lowest BCUT2D eigenvalue weighted by Crippen LogP contribution is -2.38. The Labute approximate surface area is 160 Å². The molecule has 0 amide bonds. The van der Waals surface area contributed by atoms with Gasteiger partial charge in [0.05, 0.1) is 17.2 Å². The number of halogens is 1. The molecule has 0 spiro atoms. The van der Waals surface area contributed by atoms with Gasteiger partial charge in [-0.05, 0) is 36.8 Å². The third-order valence-electron chi connectivity index (χ3n) is 3.73. The molecule has 2 aromatic rings. The van der Waals surface area contributed by atoms with E-state index in [0.29, 0.717) is 29.0 Å². The largest absolute Gasteiger partial charge is 0.357 e. The topological polar surface area (TPSA) is 61.8 Å². The summed E-state index contributed by atoms with van der Waals surface area (Å²) >= 11 is 6.03. The Morgan fingerprint density at radius 2 is 1.88 bits per heavy atom. The molecule has 0 aliphatic rings. The van der Waals surface area contributed by atoms with Gasteiger partial charge >= 0.3 is 0 Å². The van der Waals surface area contributed by atoms with E-state index in [2.05, 4.69) is 10.3 Å². The average Bonchev–Trinajstić information content (AvgIpc) is 2.61. The third-order valence-corrected chi connectivity index (χ3v) is 5.67. The summed E-state index contributed by atoms with van der Waals surface area (Å²) in [5, 5.41) is 3.88. The van der Waals surface area contributed by atoms with Crippen molar-refractivity contribution in [1.82, 2.24) is 10.2 Å². The number of benzene rings is 2. The Morgan fingerprint density at radius 1 is 1.15 bits per heavy atom. The molecule has 0 unspecified atom stereocenters. The van der Waals surface area contributed by atoms with Crippen molar-refractivity contribution in [2.24, 2.45) is 4.99 Å². The first-order valence-corrected chi connectivity index (χ1v) is 10.5. The summed E-state index contributed by atoms with van der Waals surface area (Å²) in [5.41, 5.74) is 1.06. The van der Waals surface area contributed by atoms with Gasteiger partial charge in [0, 0.05) is 25.2 Å². The van der Waals surface area contributed by atoms with Crippen LogP contribution in [-0.4, -0.2) is 45.2 Å². The lowest BCUT2D eigenvalue weighted by molar-refractivity contribution is 0.477. The van der Waals surface area contributed by atoms with Crippen molar-refractivity contribution in [1.29, 1.82) is 0 Å². The van der Waals surface area contributed by atoms with E-state index in [4.69, 9.17) is 11.6 Å². The Hall–Kier alpha value is -2.05. The van der Waals surface area contributed by atoms with Crippen LogP contribution in [0.3, 0.4) is 0 Å². The average molecular weight is 394 g/mol. The molecule has 0 radical (unpaired) electrons. The van der Waals surface area contributed by atoms with E-state index >= 15 is 0 Å². The maximum atomic E-state index is 12.4. The predicted molar refractivity (Wildman–Crippen MR) is 107 cm³/mol. The van der Waals surface area contributed by atoms with Crippen LogP contribution in [0.1, 0.15) is 12.5 Å². The Balaban J connectivity index is 2.03. The molecular formula is C19H24ClN3O2S. The molecule has 0 fully saturated rings. The first kappa shape index (κ1) is 20.3. The third kappa shape index (κ3) is 6.04. The summed E-state index contributed by atoms with van der Waals surface area (Å²) in [7, 11) is -1.42. The molecule has 26 heavy (non-hydrogen) atoms. The Kier molecular flexibility index (Phi) is 7.48. The van der Waals surface area contributed by atoms with Crippen LogP contribution in [0.2, 0.25) is 5.02 Å². The fourth-order valence-corrected chi connectivity index (χ4v) is 3.82. The van der Waals surface area contributed by atoms with Crippen LogP contribution >= 0.6 is 11.6 Å². The van der Waals surface area contributed by atoms with Crippen molar-refractivity contribution >= 4 is 27.4 Å². The maximum absolute atomic E-state index is 12.4. The molecule has 0 aliphatic heterocycles. The molecule has 0 saturated carbocycles. The number of nitrogens with one attached hydrogen (secondary N) is 1. The van der Waals surface area contributed by atoms with E-state index in [1.165, 1.54) is 0 Å². The highest BCUT2D eigenvalue weighted by molar-refractivity contribution is 7.91. The van der Waals surface area contributed by atoms with E-state index in [1.807, 2.05) is 43.1 Å². The number of aliphatic imine (C=N–C) groups is 1. The lowest BCUT2D eigenvalue weighted by atomic mass is 10.2. The van der Waals surface area contributed by atoms with Gasteiger partial charge in [-0.15, -0.1) is 0 Å². The van der Waals surface area contributed by atoms with Crippen LogP contribution in [0.4, 0.5) is 0 Å². The van der Waals surface area contributed by atoms with Crippen molar-refractivity contribution in [2.75, 3.05) is 25.9 Å². The molecule has 2 rings (SSSR count). The zero-order chi connectivity index (χ0) is 19.0. The predicted octanol–water partition coefficient (Wildman–Crippen LogP) is 3.21. The number of nitrogens with zero attached hydrogens (tertiary/aromatic N) is 2. The van der Waals surface area contributed by atoms with E-state index < -0.39 is 9.84 Å². The quantitative estimate of drug-likeness (QED) is 0.579. The minimum atomic E-state index is -3.33. The highest BCUT2D eigenvalue weighted by Crippen LogP contribution is 2.12. The number of rotatable bonds is 7. The fourth-order valence-electron chi connectivity index (χ4n) is 2.47. The van der Waals surface area contributed by atoms with Gasteiger partial charge < -0.3 is 10.2 Å². The number of hydrogen-bond donors (Lipinski definition) is 1. The van der Waals surface area contributed by atoms with Gasteiger partial charge in [0.25, 0.3) is 0 Å². The van der Waals surface area contributed by atoms with Crippen LogP contribution in [0, 0.1) is 0 Å². The van der Waals surface area contributed by atoms with Gasteiger partial charge in [0.15, 0.2) is 15.8 Å². The van der Waals surface area contributed by atoms with Crippen LogP contribution in [0.25, 0.3) is 0 Å². The van der Waals surface area contributed by atoms with E-state index in [-0.39, 0.29) is 12.3 Å². The minimum absolute atomic E-state index is 0.0308. The summed E-state index contributed by atoms with van der Waals surface area (Å²) in [5.74, 6) is 0.632. The summed E-state index contributed by atoms with van der Waals surface area (Å²) in [6, 6.07) is 16.1. The van der Waals surface area contributed by atoms with Crippen LogP contribution < -0.4 is 5.32 Å². The molecule has 5 nitrogen and oxygen atoms in total. The van der Waals surface area contributed by atoms with Gasteiger partial charge in [-0.3, -0.25) is 4.99 Å². The fraction of sp³-hybridized carbons (Fsp3) is 0.316. The normalized spacial score (nSPS) is 12.0. The first-order chi connectivity index (χ1) is 12.4. The SMILES string of the molecule is CCNC(=NCCS(=O)(=O)c1ccccc1)N(C)Cc1cccc(Cl)c1. The van der Waals surface area contributed by atoms with Crippen LogP contribution in [0.5, 0.6) is 0 Å². The molecule has 0 heterocycles. The number of guanidine groups is 1. The second-order valence-electron chi connectivity index (χ2n) is 5.85. The van der Waals surface area contributed by atoms with Crippen molar-refractivity contribution in [3.63, 3.8) is 0 Å². The lowest BCUT2D eigenvalue weighted by Gasteiger charge is -2.22. The molecule has 7 heteroatoms. The number of sulfone groups is 1. The van der Waals surface area contributed by atoms with Gasteiger partial charge in [-0.25, -0.2) is 8.42 Å². The molecule has 0 saturated heterocycles. The zero-order valence-electron chi connectivity index (χ0n) is 15.0. The molecule has 1 N–H and O–H groups in total. The molecule has 0 atom stereocenters. The zero-order valence-corrected chi connectivity index (χ0v) is 16.6. The van der Waals surface area contributed by atoms with Crippen molar-refractivity contribution < 1.29 is 8.42 Å². The monoisotopic (exact) mass is 393 g/mol. The van der Waals surface area contributed by atoms with E-state index in [0.717, 1.165) is 5.56 Å². The Morgan fingerprint density at radius 3 is 2.54 bits per heavy atom. The standard InChI is InChI=1S/C19H24ClN3O2S/c1-3-21-19(23(2)15-16-8-7-9-17(20)14-16)22-12-13-26(24,25)18-10-5-4-6-11-18/h4-11,14H,3,12-13,15H2,1-2H3,(H,21,22). The minimum Gasteiger partial charge on any atom is -0.357 e. The van der Waals surface area contributed by atoms with Gasteiger partial charge in [0.1, 0.15) is 0 Å². The highest BCUT2D eigenvalue weighted by Gasteiger charge is 2.14.